The maximum Gasteiger partial charge on any atom is 0.278 e. The van der Waals surface area contributed by atoms with Crippen LogP contribution in [0.3, 0.4) is 0 Å². The minimum absolute atomic E-state index is 0.0577. The summed E-state index contributed by atoms with van der Waals surface area (Å²) >= 11 is 7.12. The highest BCUT2D eigenvalue weighted by atomic mass is 35.5. The van der Waals surface area contributed by atoms with E-state index < -0.39 is 0 Å². The predicted molar refractivity (Wildman–Crippen MR) is 109 cm³/mol. The van der Waals surface area contributed by atoms with Gasteiger partial charge in [-0.3, -0.25) is 14.2 Å². The molecule has 1 aromatic carbocycles. The number of halogens is 1. The molecule has 0 aliphatic carbocycles. The van der Waals surface area contributed by atoms with Crippen LogP contribution < -0.4 is 10.9 Å². The molecule has 0 bridgehead atoms. The topological polar surface area (TPSA) is 79.8 Å². The summed E-state index contributed by atoms with van der Waals surface area (Å²) in [6, 6.07) is 9.10. The van der Waals surface area contributed by atoms with Crippen molar-refractivity contribution in [1.82, 2.24) is 19.9 Å². The van der Waals surface area contributed by atoms with Gasteiger partial charge >= 0.3 is 0 Å². The first-order chi connectivity index (χ1) is 12.8. The van der Waals surface area contributed by atoms with E-state index in [2.05, 4.69) is 15.3 Å². The Balaban J connectivity index is 1.72. The maximum absolute atomic E-state index is 12.8. The van der Waals surface area contributed by atoms with Crippen molar-refractivity contribution < 1.29 is 4.79 Å². The number of nitrogens with zero attached hydrogens (tertiary/aromatic N) is 2. The summed E-state index contributed by atoms with van der Waals surface area (Å²) in [6.07, 6.45) is 0. The van der Waals surface area contributed by atoms with E-state index in [0.717, 1.165) is 11.3 Å². The van der Waals surface area contributed by atoms with E-state index in [-0.39, 0.29) is 23.3 Å². The Morgan fingerprint density at radius 3 is 2.70 bits per heavy atom. The van der Waals surface area contributed by atoms with Gasteiger partial charge in [-0.15, -0.1) is 0 Å². The molecule has 3 aromatic rings. The van der Waals surface area contributed by atoms with E-state index in [9.17, 15) is 9.59 Å². The molecule has 0 aliphatic rings. The third-order valence-electron chi connectivity index (χ3n) is 4.04. The summed E-state index contributed by atoms with van der Waals surface area (Å²) < 4.78 is 1.62. The third kappa shape index (κ3) is 4.54. The Morgan fingerprint density at radius 1 is 1.33 bits per heavy atom. The standard InChI is InChI=1S/C19H21ClN4O2S/c1-11(2)24-18(26)17-15(8-12(3)22-17)23-19(24)27-10-16(25)21-9-13-4-6-14(20)7-5-13/h4-8,11,22H,9-10H2,1-3H3,(H,21,25). The number of H-pyrrole nitrogens is 1. The zero-order chi connectivity index (χ0) is 19.6. The first kappa shape index (κ1) is 19.5. The zero-order valence-corrected chi connectivity index (χ0v) is 16.9. The summed E-state index contributed by atoms with van der Waals surface area (Å²) in [5.41, 5.74) is 2.86. The van der Waals surface area contributed by atoms with Crippen LogP contribution in [0.25, 0.3) is 11.0 Å². The van der Waals surface area contributed by atoms with Crippen molar-refractivity contribution in [2.75, 3.05) is 5.75 Å². The smallest absolute Gasteiger partial charge is 0.278 e. The Morgan fingerprint density at radius 2 is 2.04 bits per heavy atom. The molecule has 2 N–H and O–H groups in total. The maximum atomic E-state index is 12.8. The highest BCUT2D eigenvalue weighted by molar-refractivity contribution is 7.99. The average molecular weight is 405 g/mol. The minimum atomic E-state index is -0.121. The molecular weight excluding hydrogens is 384 g/mol. The fourth-order valence-corrected chi connectivity index (χ4v) is 3.82. The zero-order valence-electron chi connectivity index (χ0n) is 15.4. The number of hydrogen-bond donors (Lipinski definition) is 2. The molecule has 3 rings (SSSR count). The van der Waals surface area contributed by atoms with Gasteiger partial charge < -0.3 is 10.3 Å². The molecule has 2 aromatic heterocycles. The molecule has 1 amide bonds. The van der Waals surface area contributed by atoms with Crippen LogP contribution in [0.5, 0.6) is 0 Å². The number of aromatic nitrogens is 3. The lowest BCUT2D eigenvalue weighted by molar-refractivity contribution is -0.118. The fourth-order valence-electron chi connectivity index (χ4n) is 2.73. The molecule has 0 spiro atoms. The molecule has 142 valence electrons. The third-order valence-corrected chi connectivity index (χ3v) is 5.24. The van der Waals surface area contributed by atoms with Crippen molar-refractivity contribution in [1.29, 1.82) is 0 Å². The quantitative estimate of drug-likeness (QED) is 0.485. The summed E-state index contributed by atoms with van der Waals surface area (Å²) in [6.45, 7) is 6.17. The van der Waals surface area contributed by atoms with Crippen LogP contribution >= 0.6 is 23.4 Å². The Hall–Kier alpha value is -2.25. The number of benzene rings is 1. The molecule has 27 heavy (non-hydrogen) atoms. The van der Waals surface area contributed by atoms with E-state index in [1.165, 1.54) is 11.8 Å². The second-order valence-electron chi connectivity index (χ2n) is 6.57. The number of fused-ring (bicyclic) bond motifs is 1. The van der Waals surface area contributed by atoms with Gasteiger partial charge in [-0.2, -0.15) is 0 Å². The van der Waals surface area contributed by atoms with Gasteiger partial charge in [0.15, 0.2) is 5.16 Å². The van der Waals surface area contributed by atoms with Gasteiger partial charge in [-0.1, -0.05) is 35.5 Å². The van der Waals surface area contributed by atoms with Crippen molar-refractivity contribution in [2.24, 2.45) is 0 Å². The number of thioether (sulfide) groups is 1. The molecule has 0 fully saturated rings. The van der Waals surface area contributed by atoms with Crippen LogP contribution in [-0.2, 0) is 11.3 Å². The number of carbonyl (C=O) groups excluding carboxylic acids is 1. The first-order valence-corrected chi connectivity index (χ1v) is 9.97. The molecule has 0 atom stereocenters. The fraction of sp³-hybridized carbons (Fsp3) is 0.316. The predicted octanol–water partition coefficient (Wildman–Crippen LogP) is 3.68. The number of nitrogens with one attached hydrogen (secondary N) is 2. The van der Waals surface area contributed by atoms with Gasteiger partial charge in [0.25, 0.3) is 5.56 Å². The Kier molecular flexibility index (Phi) is 5.92. The normalized spacial score (nSPS) is 11.3. The second kappa shape index (κ2) is 8.19. The van der Waals surface area contributed by atoms with Crippen LogP contribution in [0.1, 0.15) is 31.1 Å². The molecule has 0 unspecified atom stereocenters. The largest absolute Gasteiger partial charge is 0.353 e. The summed E-state index contributed by atoms with van der Waals surface area (Å²) in [7, 11) is 0. The van der Waals surface area contributed by atoms with E-state index in [1.54, 1.807) is 16.7 Å². The van der Waals surface area contributed by atoms with Gasteiger partial charge in [0.2, 0.25) is 5.91 Å². The first-order valence-electron chi connectivity index (χ1n) is 8.61. The van der Waals surface area contributed by atoms with Crippen LogP contribution in [0.2, 0.25) is 5.02 Å². The van der Waals surface area contributed by atoms with Crippen molar-refractivity contribution in [3.05, 3.63) is 57.0 Å². The van der Waals surface area contributed by atoms with Crippen molar-refractivity contribution in [3.8, 4) is 0 Å². The average Bonchev–Trinajstić information content (AvgIpc) is 3.00. The molecule has 0 radical (unpaired) electrons. The number of amides is 1. The van der Waals surface area contributed by atoms with Gasteiger partial charge in [0, 0.05) is 23.3 Å². The Bertz CT molecular complexity index is 1020. The van der Waals surface area contributed by atoms with E-state index in [0.29, 0.717) is 27.8 Å². The molecular formula is C19H21ClN4O2S. The molecule has 0 saturated heterocycles. The molecule has 8 heteroatoms. The van der Waals surface area contributed by atoms with Gasteiger partial charge in [-0.25, -0.2) is 4.98 Å². The van der Waals surface area contributed by atoms with Crippen molar-refractivity contribution in [2.45, 2.75) is 38.5 Å². The van der Waals surface area contributed by atoms with Crippen LogP contribution in [-0.4, -0.2) is 26.2 Å². The second-order valence-corrected chi connectivity index (χ2v) is 7.95. The number of aryl methyl sites for hydroxylation is 1. The lowest BCUT2D eigenvalue weighted by atomic mass is 10.2. The molecule has 0 saturated carbocycles. The molecule has 2 heterocycles. The van der Waals surface area contributed by atoms with Gasteiger partial charge in [0.1, 0.15) is 5.52 Å². The number of carbonyl (C=O) groups is 1. The summed E-state index contributed by atoms with van der Waals surface area (Å²) in [4.78, 5) is 32.6. The summed E-state index contributed by atoms with van der Waals surface area (Å²) in [5.74, 6) is 0.0617. The molecule has 6 nitrogen and oxygen atoms in total. The lowest BCUT2D eigenvalue weighted by Gasteiger charge is -2.15. The summed E-state index contributed by atoms with van der Waals surface area (Å²) in [5, 5.41) is 4.07. The van der Waals surface area contributed by atoms with E-state index in [4.69, 9.17) is 11.6 Å². The molecule has 0 aliphatic heterocycles. The Labute approximate surface area is 166 Å². The minimum Gasteiger partial charge on any atom is -0.353 e. The van der Waals surface area contributed by atoms with Crippen molar-refractivity contribution >= 4 is 40.3 Å². The monoisotopic (exact) mass is 404 g/mol. The van der Waals surface area contributed by atoms with Crippen molar-refractivity contribution in [3.63, 3.8) is 0 Å². The lowest BCUT2D eigenvalue weighted by Crippen LogP contribution is -2.27. The number of rotatable bonds is 6. The van der Waals surface area contributed by atoms with Crippen LogP contribution in [0.4, 0.5) is 0 Å². The number of aromatic amines is 1. The van der Waals surface area contributed by atoms with Gasteiger partial charge in [-0.05, 0) is 44.5 Å². The highest BCUT2D eigenvalue weighted by Crippen LogP contribution is 2.21. The van der Waals surface area contributed by atoms with Crippen LogP contribution in [0, 0.1) is 6.92 Å². The van der Waals surface area contributed by atoms with E-state index >= 15 is 0 Å². The SMILES string of the molecule is Cc1cc2nc(SCC(=O)NCc3ccc(Cl)cc3)n(C(C)C)c(=O)c2[nH]1. The highest BCUT2D eigenvalue weighted by Gasteiger charge is 2.16. The van der Waals surface area contributed by atoms with Gasteiger partial charge in [0.05, 0.1) is 11.3 Å². The number of hydrogen-bond acceptors (Lipinski definition) is 4. The van der Waals surface area contributed by atoms with E-state index in [1.807, 2.05) is 39.0 Å². The van der Waals surface area contributed by atoms with Crippen LogP contribution in [0.15, 0.2) is 40.3 Å².